The second-order valence-corrected chi connectivity index (χ2v) is 6.35. The number of amides is 1. The smallest absolute Gasteiger partial charge is 0.271 e. The van der Waals surface area contributed by atoms with Gasteiger partial charge in [0, 0.05) is 38.6 Å². The van der Waals surface area contributed by atoms with Crippen LogP contribution in [0, 0.1) is 12.8 Å². The number of imidazole rings is 1. The second kappa shape index (κ2) is 6.91. The van der Waals surface area contributed by atoms with E-state index in [9.17, 15) is 4.79 Å². The van der Waals surface area contributed by atoms with Gasteiger partial charge in [0.2, 0.25) is 0 Å². The largest absolute Gasteiger partial charge is 0.338 e. The number of carbonyl (C=O) groups excluding carboxylic acids is 1. The van der Waals surface area contributed by atoms with Crippen molar-refractivity contribution < 1.29 is 4.79 Å². The van der Waals surface area contributed by atoms with E-state index in [2.05, 4.69) is 33.0 Å². The van der Waals surface area contributed by atoms with Crippen LogP contribution < -0.4 is 0 Å². The van der Waals surface area contributed by atoms with Crippen molar-refractivity contribution in [1.82, 2.24) is 24.8 Å². The highest BCUT2D eigenvalue weighted by molar-refractivity contribution is 5.92. The van der Waals surface area contributed by atoms with E-state index >= 15 is 0 Å². The van der Waals surface area contributed by atoms with Crippen molar-refractivity contribution in [2.24, 2.45) is 5.92 Å². The Morgan fingerprint density at radius 2 is 2.35 bits per heavy atom. The SMILES string of the molecule is Cc1ncc(C(=O)N2CC[C@@H](CN(C)Cc3cccnc3)C2)[nH]1. The fraction of sp³-hybridized carbons (Fsp3) is 0.471. The fourth-order valence-corrected chi connectivity index (χ4v) is 3.17. The van der Waals surface area contributed by atoms with E-state index in [1.807, 2.05) is 24.1 Å². The highest BCUT2D eigenvalue weighted by atomic mass is 16.2. The summed E-state index contributed by atoms with van der Waals surface area (Å²) in [4.78, 5) is 27.9. The molecule has 3 heterocycles. The molecule has 2 aromatic rings. The minimum atomic E-state index is 0.0583. The molecule has 23 heavy (non-hydrogen) atoms. The molecule has 1 atom stereocenters. The number of likely N-dealkylation sites (tertiary alicyclic amines) is 1. The average Bonchev–Trinajstić information content (AvgIpc) is 3.17. The number of pyridine rings is 1. The van der Waals surface area contributed by atoms with Gasteiger partial charge >= 0.3 is 0 Å². The van der Waals surface area contributed by atoms with Crippen molar-refractivity contribution in [3.8, 4) is 0 Å². The van der Waals surface area contributed by atoms with Crippen LogP contribution in [0.25, 0.3) is 0 Å². The Morgan fingerprint density at radius 1 is 1.48 bits per heavy atom. The van der Waals surface area contributed by atoms with Gasteiger partial charge in [-0.05, 0) is 37.9 Å². The van der Waals surface area contributed by atoms with Crippen LogP contribution in [0.1, 0.15) is 28.3 Å². The number of aromatic nitrogens is 3. The molecule has 1 saturated heterocycles. The van der Waals surface area contributed by atoms with Gasteiger partial charge in [0.1, 0.15) is 11.5 Å². The number of nitrogens with one attached hydrogen (secondary N) is 1. The first kappa shape index (κ1) is 15.7. The summed E-state index contributed by atoms with van der Waals surface area (Å²) in [6, 6.07) is 4.06. The van der Waals surface area contributed by atoms with Gasteiger partial charge in [-0.1, -0.05) is 6.07 Å². The minimum absolute atomic E-state index is 0.0583. The van der Waals surface area contributed by atoms with E-state index in [4.69, 9.17) is 0 Å². The number of hydrogen-bond acceptors (Lipinski definition) is 4. The molecule has 1 aliphatic heterocycles. The third-order valence-corrected chi connectivity index (χ3v) is 4.25. The summed E-state index contributed by atoms with van der Waals surface area (Å²) in [5, 5.41) is 0. The Kier molecular flexibility index (Phi) is 4.71. The van der Waals surface area contributed by atoms with Gasteiger partial charge < -0.3 is 14.8 Å². The maximum absolute atomic E-state index is 12.4. The molecular weight excluding hydrogens is 290 g/mol. The molecule has 2 aromatic heterocycles. The number of H-pyrrole nitrogens is 1. The first-order valence-corrected chi connectivity index (χ1v) is 8.00. The summed E-state index contributed by atoms with van der Waals surface area (Å²) < 4.78 is 0. The van der Waals surface area contributed by atoms with Crippen molar-refractivity contribution in [2.45, 2.75) is 19.9 Å². The van der Waals surface area contributed by atoms with Crippen LogP contribution >= 0.6 is 0 Å². The number of aromatic amines is 1. The van der Waals surface area contributed by atoms with Crippen LogP contribution in [0.3, 0.4) is 0 Å². The van der Waals surface area contributed by atoms with E-state index in [1.165, 1.54) is 5.56 Å². The molecule has 1 aliphatic rings. The summed E-state index contributed by atoms with van der Waals surface area (Å²) in [7, 11) is 2.12. The minimum Gasteiger partial charge on any atom is -0.338 e. The lowest BCUT2D eigenvalue weighted by atomic mass is 10.1. The lowest BCUT2D eigenvalue weighted by molar-refractivity contribution is 0.0779. The molecule has 6 nitrogen and oxygen atoms in total. The van der Waals surface area contributed by atoms with Crippen LogP contribution in [-0.4, -0.2) is 57.3 Å². The van der Waals surface area contributed by atoms with Gasteiger partial charge in [0.25, 0.3) is 5.91 Å². The Bertz CT molecular complexity index is 654. The highest BCUT2D eigenvalue weighted by Crippen LogP contribution is 2.19. The summed E-state index contributed by atoms with van der Waals surface area (Å²) in [5.74, 6) is 1.35. The zero-order valence-electron chi connectivity index (χ0n) is 13.7. The Balaban J connectivity index is 1.50. The molecule has 3 rings (SSSR count). The lowest BCUT2D eigenvalue weighted by Crippen LogP contribution is -2.31. The van der Waals surface area contributed by atoms with Gasteiger partial charge in [-0.25, -0.2) is 4.98 Å². The first-order valence-electron chi connectivity index (χ1n) is 8.00. The number of aryl methyl sites for hydroxylation is 1. The molecule has 1 N–H and O–H groups in total. The number of hydrogen-bond donors (Lipinski definition) is 1. The van der Waals surface area contributed by atoms with E-state index in [0.29, 0.717) is 11.6 Å². The van der Waals surface area contributed by atoms with Gasteiger partial charge in [-0.2, -0.15) is 0 Å². The van der Waals surface area contributed by atoms with Gasteiger partial charge in [-0.15, -0.1) is 0 Å². The van der Waals surface area contributed by atoms with E-state index in [0.717, 1.165) is 38.4 Å². The standard InChI is InChI=1S/C17H23N5O/c1-13-19-9-16(20-13)17(23)22-7-5-15(12-22)11-21(2)10-14-4-3-6-18-8-14/h3-4,6,8-9,15H,5,7,10-12H2,1-2H3,(H,19,20)/t15-/m0/s1. The summed E-state index contributed by atoms with van der Waals surface area (Å²) in [5.41, 5.74) is 1.81. The van der Waals surface area contributed by atoms with Crippen LogP contribution in [0.15, 0.2) is 30.7 Å². The zero-order chi connectivity index (χ0) is 16.2. The maximum Gasteiger partial charge on any atom is 0.271 e. The molecule has 0 saturated carbocycles. The molecule has 0 aromatic carbocycles. The van der Waals surface area contributed by atoms with Crippen molar-refractivity contribution in [3.05, 3.63) is 47.8 Å². The molecular formula is C17H23N5O. The number of carbonyl (C=O) groups is 1. The highest BCUT2D eigenvalue weighted by Gasteiger charge is 2.28. The van der Waals surface area contributed by atoms with Crippen molar-refractivity contribution in [3.63, 3.8) is 0 Å². The van der Waals surface area contributed by atoms with Gasteiger partial charge in [0.05, 0.1) is 6.20 Å². The normalized spacial score (nSPS) is 17.9. The average molecular weight is 313 g/mol. The molecule has 0 aliphatic carbocycles. The Morgan fingerprint density at radius 3 is 3.04 bits per heavy atom. The number of rotatable bonds is 5. The third kappa shape index (κ3) is 3.96. The molecule has 1 amide bonds. The van der Waals surface area contributed by atoms with Crippen LogP contribution in [0.4, 0.5) is 0 Å². The molecule has 6 heteroatoms. The number of nitrogens with zero attached hydrogens (tertiary/aromatic N) is 4. The van der Waals surface area contributed by atoms with Crippen LogP contribution in [0.5, 0.6) is 0 Å². The van der Waals surface area contributed by atoms with E-state index < -0.39 is 0 Å². The van der Waals surface area contributed by atoms with Crippen LogP contribution in [-0.2, 0) is 6.54 Å². The lowest BCUT2D eigenvalue weighted by Gasteiger charge is -2.21. The van der Waals surface area contributed by atoms with E-state index in [-0.39, 0.29) is 5.91 Å². The quantitative estimate of drug-likeness (QED) is 0.912. The zero-order valence-corrected chi connectivity index (χ0v) is 13.7. The fourth-order valence-electron chi connectivity index (χ4n) is 3.17. The monoisotopic (exact) mass is 313 g/mol. The second-order valence-electron chi connectivity index (χ2n) is 6.35. The Labute approximate surface area is 136 Å². The third-order valence-electron chi connectivity index (χ3n) is 4.25. The van der Waals surface area contributed by atoms with Crippen molar-refractivity contribution in [2.75, 3.05) is 26.7 Å². The topological polar surface area (TPSA) is 65.1 Å². The summed E-state index contributed by atoms with van der Waals surface area (Å²) in [6.07, 6.45) is 6.37. The molecule has 122 valence electrons. The van der Waals surface area contributed by atoms with E-state index in [1.54, 1.807) is 12.4 Å². The molecule has 1 fully saturated rings. The maximum atomic E-state index is 12.4. The van der Waals surface area contributed by atoms with Crippen molar-refractivity contribution >= 4 is 5.91 Å². The van der Waals surface area contributed by atoms with Gasteiger partial charge in [0.15, 0.2) is 0 Å². The predicted octanol–water partition coefficient (Wildman–Crippen LogP) is 1.71. The predicted molar refractivity (Wildman–Crippen MR) is 87.9 cm³/mol. The first-order chi connectivity index (χ1) is 11.1. The van der Waals surface area contributed by atoms with Crippen LogP contribution in [0.2, 0.25) is 0 Å². The van der Waals surface area contributed by atoms with Gasteiger partial charge in [-0.3, -0.25) is 9.78 Å². The summed E-state index contributed by atoms with van der Waals surface area (Å²) in [6.45, 7) is 5.37. The summed E-state index contributed by atoms with van der Waals surface area (Å²) >= 11 is 0. The Hall–Kier alpha value is -2.21. The molecule has 0 unspecified atom stereocenters. The molecule has 0 radical (unpaired) electrons. The molecule has 0 spiro atoms. The van der Waals surface area contributed by atoms with Crippen molar-refractivity contribution in [1.29, 1.82) is 0 Å². The molecule has 0 bridgehead atoms.